The highest BCUT2D eigenvalue weighted by Gasteiger charge is 2.12. The minimum Gasteiger partial charge on any atom is -0.384 e. The Kier molecular flexibility index (Phi) is 4.04. The molecule has 1 N–H and O–H groups in total. The molecule has 0 bridgehead atoms. The fraction of sp³-hybridized carbons (Fsp3) is 0.278. The third-order valence-corrected chi connectivity index (χ3v) is 4.40. The molecule has 3 aromatic rings. The van der Waals surface area contributed by atoms with Crippen molar-refractivity contribution in [1.29, 1.82) is 0 Å². The van der Waals surface area contributed by atoms with Gasteiger partial charge >= 0.3 is 0 Å². The van der Waals surface area contributed by atoms with Gasteiger partial charge in [0.1, 0.15) is 6.10 Å². The van der Waals surface area contributed by atoms with E-state index < -0.39 is 6.10 Å². The number of aliphatic hydroxyl groups excluding tert-OH is 1. The molecule has 0 aliphatic carbocycles. The average molecular weight is 297 g/mol. The van der Waals surface area contributed by atoms with Crippen molar-refractivity contribution in [2.24, 2.45) is 5.92 Å². The Hall–Kier alpha value is -1.71. The number of thiophene rings is 1. The van der Waals surface area contributed by atoms with Gasteiger partial charge in [-0.15, -0.1) is 11.3 Å². The molecule has 1 aromatic carbocycles. The molecular weight excluding hydrogens is 278 g/mol. The van der Waals surface area contributed by atoms with Gasteiger partial charge in [0.25, 0.3) is 0 Å². The van der Waals surface area contributed by atoms with Crippen LogP contribution >= 0.6 is 11.3 Å². The molecule has 2 nitrogen and oxygen atoms in total. The summed E-state index contributed by atoms with van der Waals surface area (Å²) in [5.41, 5.74) is 4.05. The number of hydrogen-bond donors (Lipinski definition) is 1. The van der Waals surface area contributed by atoms with E-state index in [2.05, 4.69) is 31.0 Å². The molecule has 2 aromatic heterocycles. The fourth-order valence-electron chi connectivity index (χ4n) is 2.57. The lowest BCUT2D eigenvalue weighted by Gasteiger charge is -2.13. The maximum absolute atomic E-state index is 10.6. The van der Waals surface area contributed by atoms with Crippen molar-refractivity contribution in [2.45, 2.75) is 26.4 Å². The Morgan fingerprint density at radius 2 is 2.00 bits per heavy atom. The molecule has 0 radical (unpaired) electrons. The van der Waals surface area contributed by atoms with E-state index in [0.29, 0.717) is 5.92 Å². The Morgan fingerprint density at radius 3 is 2.81 bits per heavy atom. The summed E-state index contributed by atoms with van der Waals surface area (Å²) in [5, 5.41) is 12.6. The van der Waals surface area contributed by atoms with E-state index in [1.807, 2.05) is 29.6 Å². The van der Waals surface area contributed by atoms with Gasteiger partial charge in [-0.05, 0) is 41.0 Å². The largest absolute Gasteiger partial charge is 0.384 e. The average Bonchev–Trinajstić information content (AvgIpc) is 2.93. The molecule has 21 heavy (non-hydrogen) atoms. The van der Waals surface area contributed by atoms with Crippen LogP contribution < -0.4 is 0 Å². The fourth-order valence-corrected chi connectivity index (χ4v) is 3.35. The van der Waals surface area contributed by atoms with Gasteiger partial charge in [0, 0.05) is 11.8 Å². The van der Waals surface area contributed by atoms with Gasteiger partial charge in [-0.25, -0.2) is 0 Å². The smallest absolute Gasteiger partial charge is 0.106 e. The van der Waals surface area contributed by atoms with Crippen LogP contribution in [0.25, 0.3) is 10.2 Å². The van der Waals surface area contributed by atoms with E-state index in [9.17, 15) is 5.11 Å². The highest BCUT2D eigenvalue weighted by atomic mass is 32.1. The van der Waals surface area contributed by atoms with Crippen LogP contribution in [0.15, 0.2) is 48.0 Å². The summed E-state index contributed by atoms with van der Waals surface area (Å²) < 4.78 is 1.12. The SMILES string of the molecule is CC(C)Cc1cccc(C(O)c2cnc3ccsc3c2)c1. The summed E-state index contributed by atoms with van der Waals surface area (Å²) in [6.45, 7) is 4.41. The van der Waals surface area contributed by atoms with Gasteiger partial charge in [-0.3, -0.25) is 4.98 Å². The first-order chi connectivity index (χ1) is 10.1. The third-order valence-electron chi connectivity index (χ3n) is 3.55. The van der Waals surface area contributed by atoms with Gasteiger partial charge in [-0.1, -0.05) is 38.1 Å². The van der Waals surface area contributed by atoms with E-state index in [1.165, 1.54) is 5.56 Å². The van der Waals surface area contributed by atoms with Crippen LogP contribution in [0.2, 0.25) is 0 Å². The highest BCUT2D eigenvalue weighted by Crippen LogP contribution is 2.27. The number of aliphatic hydroxyl groups is 1. The zero-order valence-electron chi connectivity index (χ0n) is 12.3. The van der Waals surface area contributed by atoms with Crippen LogP contribution in [0, 0.1) is 5.92 Å². The van der Waals surface area contributed by atoms with E-state index >= 15 is 0 Å². The lowest BCUT2D eigenvalue weighted by atomic mass is 9.97. The van der Waals surface area contributed by atoms with Crippen molar-refractivity contribution >= 4 is 21.6 Å². The second-order valence-electron chi connectivity index (χ2n) is 5.82. The number of pyridine rings is 1. The normalized spacial score (nSPS) is 13.0. The predicted octanol–water partition coefficient (Wildman–Crippen LogP) is 4.58. The molecule has 2 heterocycles. The molecule has 3 heteroatoms. The molecule has 108 valence electrons. The molecule has 0 aliphatic rings. The quantitative estimate of drug-likeness (QED) is 0.765. The third kappa shape index (κ3) is 3.14. The van der Waals surface area contributed by atoms with Crippen LogP contribution in [0.1, 0.15) is 36.6 Å². The second kappa shape index (κ2) is 5.96. The molecule has 0 amide bonds. The molecule has 0 saturated carbocycles. The lowest BCUT2D eigenvalue weighted by Crippen LogP contribution is -2.02. The Labute approximate surface area is 129 Å². The topological polar surface area (TPSA) is 33.1 Å². The monoisotopic (exact) mass is 297 g/mol. The minimum absolute atomic E-state index is 0.613. The van der Waals surface area contributed by atoms with Gasteiger partial charge in [0.15, 0.2) is 0 Å². The highest BCUT2D eigenvalue weighted by molar-refractivity contribution is 7.17. The maximum atomic E-state index is 10.6. The summed E-state index contributed by atoms with van der Waals surface area (Å²) >= 11 is 1.65. The van der Waals surface area contributed by atoms with Crippen molar-refractivity contribution in [3.63, 3.8) is 0 Å². The van der Waals surface area contributed by atoms with Crippen molar-refractivity contribution in [3.05, 3.63) is 64.7 Å². The zero-order valence-corrected chi connectivity index (χ0v) is 13.1. The molecule has 0 fully saturated rings. The molecule has 1 atom stereocenters. The van der Waals surface area contributed by atoms with Gasteiger partial charge in [-0.2, -0.15) is 0 Å². The van der Waals surface area contributed by atoms with Gasteiger partial charge < -0.3 is 5.11 Å². The molecule has 3 rings (SSSR count). The maximum Gasteiger partial charge on any atom is 0.106 e. The van der Waals surface area contributed by atoms with Crippen molar-refractivity contribution in [2.75, 3.05) is 0 Å². The molecule has 0 spiro atoms. The Balaban J connectivity index is 1.91. The predicted molar refractivity (Wildman–Crippen MR) is 88.7 cm³/mol. The van der Waals surface area contributed by atoms with Crippen LogP contribution in [-0.2, 0) is 6.42 Å². The first-order valence-electron chi connectivity index (χ1n) is 7.23. The summed E-state index contributed by atoms with van der Waals surface area (Å²) in [6, 6.07) is 12.3. The minimum atomic E-state index is -0.615. The van der Waals surface area contributed by atoms with Crippen LogP contribution in [0.5, 0.6) is 0 Å². The molecule has 0 saturated heterocycles. The van der Waals surface area contributed by atoms with Crippen molar-refractivity contribution in [1.82, 2.24) is 4.98 Å². The van der Waals surface area contributed by atoms with Crippen molar-refractivity contribution in [3.8, 4) is 0 Å². The molecule has 0 aliphatic heterocycles. The Bertz CT molecular complexity index is 748. The van der Waals surface area contributed by atoms with Gasteiger partial charge in [0.05, 0.1) is 10.2 Å². The van der Waals surface area contributed by atoms with Crippen LogP contribution in [0.3, 0.4) is 0 Å². The first kappa shape index (κ1) is 14.2. The lowest BCUT2D eigenvalue weighted by molar-refractivity contribution is 0.220. The van der Waals surface area contributed by atoms with E-state index in [1.54, 1.807) is 17.5 Å². The standard InChI is InChI=1S/C18H19NOS/c1-12(2)8-13-4-3-5-14(9-13)18(20)15-10-17-16(19-11-15)6-7-21-17/h3-7,9-12,18,20H,8H2,1-2H3. The number of benzene rings is 1. The summed E-state index contributed by atoms with van der Waals surface area (Å²) in [5.74, 6) is 0.613. The molecular formula is C18H19NOS. The summed E-state index contributed by atoms with van der Waals surface area (Å²) in [4.78, 5) is 4.41. The van der Waals surface area contributed by atoms with Crippen LogP contribution in [-0.4, -0.2) is 10.1 Å². The van der Waals surface area contributed by atoms with Crippen LogP contribution in [0.4, 0.5) is 0 Å². The number of fused-ring (bicyclic) bond motifs is 1. The second-order valence-corrected chi connectivity index (χ2v) is 6.77. The zero-order chi connectivity index (χ0) is 14.8. The summed E-state index contributed by atoms with van der Waals surface area (Å²) in [6.07, 6.45) is 2.19. The van der Waals surface area contributed by atoms with E-state index in [0.717, 1.165) is 27.8 Å². The molecule has 1 unspecified atom stereocenters. The number of nitrogens with zero attached hydrogens (tertiary/aromatic N) is 1. The summed E-state index contributed by atoms with van der Waals surface area (Å²) in [7, 11) is 0. The Morgan fingerprint density at radius 1 is 1.14 bits per heavy atom. The van der Waals surface area contributed by atoms with E-state index in [-0.39, 0.29) is 0 Å². The van der Waals surface area contributed by atoms with Gasteiger partial charge in [0.2, 0.25) is 0 Å². The number of rotatable bonds is 4. The first-order valence-corrected chi connectivity index (χ1v) is 8.11. The van der Waals surface area contributed by atoms with E-state index in [4.69, 9.17) is 0 Å². The number of aromatic nitrogens is 1. The van der Waals surface area contributed by atoms with Crippen molar-refractivity contribution < 1.29 is 5.11 Å². The number of hydrogen-bond acceptors (Lipinski definition) is 3.